The van der Waals surface area contributed by atoms with Gasteiger partial charge < -0.3 is 5.73 Å². The Morgan fingerprint density at radius 1 is 1.14 bits per heavy atom. The third kappa shape index (κ3) is 4.43. The molecule has 2 nitrogen and oxygen atoms in total. The number of hydrogen-bond donors (Lipinski definition) is 1. The fourth-order valence-electron chi connectivity index (χ4n) is 2.25. The van der Waals surface area contributed by atoms with E-state index in [1.807, 2.05) is 0 Å². The molecule has 0 saturated carbocycles. The van der Waals surface area contributed by atoms with Crippen molar-refractivity contribution in [2.24, 2.45) is 5.73 Å². The van der Waals surface area contributed by atoms with Crippen LogP contribution in [-0.4, -0.2) is 30.1 Å². The van der Waals surface area contributed by atoms with Crippen molar-refractivity contribution in [3.05, 3.63) is 0 Å². The largest absolute Gasteiger partial charge is 0.329 e. The molecule has 86 valence electrons. The third-order valence-corrected chi connectivity index (χ3v) is 3.07. The molecule has 0 radical (unpaired) electrons. The van der Waals surface area contributed by atoms with Crippen LogP contribution in [-0.2, 0) is 0 Å². The van der Waals surface area contributed by atoms with E-state index in [-0.39, 0.29) is 0 Å². The van der Waals surface area contributed by atoms with Gasteiger partial charge in [-0.15, -0.1) is 0 Å². The van der Waals surface area contributed by atoms with Crippen molar-refractivity contribution in [2.75, 3.05) is 13.1 Å². The Morgan fingerprint density at radius 2 is 1.71 bits per heavy atom. The molecule has 14 heavy (non-hydrogen) atoms. The highest BCUT2D eigenvalue weighted by Gasteiger charge is 2.19. The number of nitrogens with two attached hydrogens (primary N) is 1. The minimum absolute atomic E-state index is 0.688. The van der Waals surface area contributed by atoms with Gasteiger partial charge in [0, 0.05) is 25.2 Å². The van der Waals surface area contributed by atoms with Gasteiger partial charge >= 0.3 is 0 Å². The Labute approximate surface area is 89.9 Å². The monoisotopic (exact) mass is 200 g/mol. The van der Waals surface area contributed by atoms with E-state index in [4.69, 9.17) is 5.73 Å². The van der Waals surface area contributed by atoms with Crippen LogP contribution < -0.4 is 5.73 Å². The zero-order valence-corrected chi connectivity index (χ0v) is 10.4. The topological polar surface area (TPSA) is 29.3 Å². The third-order valence-electron chi connectivity index (χ3n) is 3.07. The Kier molecular flexibility index (Phi) is 8.20. The van der Waals surface area contributed by atoms with Crippen LogP contribution in [0.3, 0.4) is 0 Å². The lowest BCUT2D eigenvalue weighted by atomic mass is 10.1. The molecule has 0 heterocycles. The van der Waals surface area contributed by atoms with E-state index >= 15 is 0 Å². The molecule has 0 aliphatic rings. The zero-order chi connectivity index (χ0) is 11.0. The lowest BCUT2D eigenvalue weighted by molar-refractivity contribution is 0.132. The average molecular weight is 200 g/mol. The standard InChI is InChI=1S/C12H28N2/c1-5-8-11(4)14(10-9-13)12(6-2)7-3/h11-12H,5-10,13H2,1-4H3. The van der Waals surface area contributed by atoms with Gasteiger partial charge in [0.1, 0.15) is 0 Å². The molecule has 0 spiro atoms. The first-order chi connectivity index (χ1) is 6.71. The molecule has 0 aliphatic carbocycles. The summed E-state index contributed by atoms with van der Waals surface area (Å²) in [5.41, 5.74) is 5.67. The maximum Gasteiger partial charge on any atom is 0.0110 e. The van der Waals surface area contributed by atoms with Crippen molar-refractivity contribution in [3.8, 4) is 0 Å². The fourth-order valence-corrected chi connectivity index (χ4v) is 2.25. The second-order valence-electron chi connectivity index (χ2n) is 4.13. The van der Waals surface area contributed by atoms with Crippen LogP contribution in [0.4, 0.5) is 0 Å². The van der Waals surface area contributed by atoms with E-state index in [1.165, 1.54) is 25.7 Å². The first kappa shape index (κ1) is 13.9. The molecular weight excluding hydrogens is 172 g/mol. The van der Waals surface area contributed by atoms with Crippen LogP contribution in [0.15, 0.2) is 0 Å². The molecule has 1 atom stereocenters. The molecule has 0 aliphatic heterocycles. The van der Waals surface area contributed by atoms with Crippen LogP contribution in [0.2, 0.25) is 0 Å². The summed E-state index contributed by atoms with van der Waals surface area (Å²) in [6.07, 6.45) is 5.04. The van der Waals surface area contributed by atoms with Gasteiger partial charge in [0.2, 0.25) is 0 Å². The van der Waals surface area contributed by atoms with Gasteiger partial charge in [0.05, 0.1) is 0 Å². The van der Waals surface area contributed by atoms with E-state index in [1.54, 1.807) is 0 Å². The fraction of sp³-hybridized carbons (Fsp3) is 1.00. The number of hydrogen-bond acceptors (Lipinski definition) is 2. The van der Waals surface area contributed by atoms with Crippen molar-refractivity contribution in [1.29, 1.82) is 0 Å². The Morgan fingerprint density at radius 3 is 2.07 bits per heavy atom. The van der Waals surface area contributed by atoms with Gasteiger partial charge in [-0.2, -0.15) is 0 Å². The Hall–Kier alpha value is -0.0800. The summed E-state index contributed by atoms with van der Waals surface area (Å²) in [4.78, 5) is 2.59. The van der Waals surface area contributed by atoms with Crippen molar-refractivity contribution in [3.63, 3.8) is 0 Å². The normalized spacial score (nSPS) is 13.9. The van der Waals surface area contributed by atoms with Crippen molar-refractivity contribution >= 4 is 0 Å². The summed E-state index contributed by atoms with van der Waals surface area (Å²) in [5.74, 6) is 0. The highest BCUT2D eigenvalue weighted by molar-refractivity contribution is 4.75. The molecular formula is C12H28N2. The van der Waals surface area contributed by atoms with Gasteiger partial charge in [0.15, 0.2) is 0 Å². The van der Waals surface area contributed by atoms with Gasteiger partial charge in [-0.1, -0.05) is 27.2 Å². The molecule has 0 saturated heterocycles. The summed E-state index contributed by atoms with van der Waals surface area (Å²) in [6.45, 7) is 11.0. The van der Waals surface area contributed by atoms with E-state index in [9.17, 15) is 0 Å². The van der Waals surface area contributed by atoms with E-state index in [0.29, 0.717) is 6.04 Å². The van der Waals surface area contributed by atoms with Crippen LogP contribution >= 0.6 is 0 Å². The quantitative estimate of drug-likeness (QED) is 0.652. The summed E-state index contributed by atoms with van der Waals surface area (Å²) in [5, 5.41) is 0. The van der Waals surface area contributed by atoms with Crippen LogP contribution in [0.5, 0.6) is 0 Å². The van der Waals surface area contributed by atoms with Gasteiger partial charge in [-0.05, 0) is 26.2 Å². The summed E-state index contributed by atoms with van der Waals surface area (Å²) in [7, 11) is 0. The van der Waals surface area contributed by atoms with E-state index < -0.39 is 0 Å². The number of nitrogens with zero attached hydrogens (tertiary/aromatic N) is 1. The molecule has 0 amide bonds. The molecule has 0 aromatic rings. The predicted molar refractivity (Wildman–Crippen MR) is 64.5 cm³/mol. The molecule has 0 rings (SSSR count). The van der Waals surface area contributed by atoms with Crippen LogP contribution in [0, 0.1) is 0 Å². The maximum atomic E-state index is 5.67. The highest BCUT2D eigenvalue weighted by atomic mass is 15.2. The van der Waals surface area contributed by atoms with Crippen molar-refractivity contribution in [1.82, 2.24) is 4.90 Å². The molecule has 2 N–H and O–H groups in total. The zero-order valence-electron chi connectivity index (χ0n) is 10.4. The molecule has 0 bridgehead atoms. The molecule has 2 heteroatoms. The van der Waals surface area contributed by atoms with Gasteiger partial charge in [0.25, 0.3) is 0 Å². The Balaban J connectivity index is 4.23. The van der Waals surface area contributed by atoms with Crippen LogP contribution in [0.25, 0.3) is 0 Å². The lowest BCUT2D eigenvalue weighted by Gasteiger charge is -2.35. The summed E-state index contributed by atoms with van der Waals surface area (Å²) in [6, 6.07) is 1.41. The first-order valence-corrected chi connectivity index (χ1v) is 6.16. The molecule has 1 unspecified atom stereocenters. The molecule has 0 aromatic carbocycles. The van der Waals surface area contributed by atoms with E-state index in [0.717, 1.165) is 19.1 Å². The maximum absolute atomic E-state index is 5.67. The second-order valence-corrected chi connectivity index (χ2v) is 4.13. The Bertz CT molecular complexity index is 121. The molecule has 0 aromatic heterocycles. The average Bonchev–Trinajstić information content (AvgIpc) is 2.18. The van der Waals surface area contributed by atoms with Gasteiger partial charge in [-0.25, -0.2) is 0 Å². The van der Waals surface area contributed by atoms with Crippen molar-refractivity contribution in [2.45, 2.75) is 65.5 Å². The lowest BCUT2D eigenvalue weighted by Crippen LogP contribution is -2.44. The summed E-state index contributed by atoms with van der Waals surface area (Å²) >= 11 is 0. The number of rotatable bonds is 8. The SMILES string of the molecule is CCCC(C)N(CCN)C(CC)CC. The predicted octanol–water partition coefficient (Wildman–Crippen LogP) is 2.62. The minimum Gasteiger partial charge on any atom is -0.329 e. The summed E-state index contributed by atoms with van der Waals surface area (Å²) < 4.78 is 0. The second kappa shape index (κ2) is 8.25. The highest BCUT2D eigenvalue weighted by Crippen LogP contribution is 2.15. The van der Waals surface area contributed by atoms with Gasteiger partial charge in [-0.3, -0.25) is 4.90 Å². The first-order valence-electron chi connectivity index (χ1n) is 6.16. The van der Waals surface area contributed by atoms with E-state index in [2.05, 4.69) is 32.6 Å². The van der Waals surface area contributed by atoms with Crippen molar-refractivity contribution < 1.29 is 0 Å². The molecule has 0 fully saturated rings. The van der Waals surface area contributed by atoms with Crippen LogP contribution in [0.1, 0.15) is 53.4 Å². The smallest absolute Gasteiger partial charge is 0.0110 e. The minimum atomic E-state index is 0.688.